The van der Waals surface area contributed by atoms with E-state index in [0.29, 0.717) is 23.7 Å². The second kappa shape index (κ2) is 10.8. The van der Waals surface area contributed by atoms with E-state index >= 15 is 0 Å². The number of likely N-dealkylation sites (N-methyl/N-ethyl adjacent to an activating group) is 1. The number of aromatic nitrogens is 2. The summed E-state index contributed by atoms with van der Waals surface area (Å²) in [4.78, 5) is 23.1. The van der Waals surface area contributed by atoms with Gasteiger partial charge >= 0.3 is 10.2 Å². The Hall–Kier alpha value is -3.68. The maximum atomic E-state index is 14.9. The third-order valence-corrected chi connectivity index (χ3v) is 8.39. The Morgan fingerprint density at radius 1 is 1.10 bits per heavy atom. The Morgan fingerprint density at radius 2 is 1.87 bits per heavy atom. The molecule has 3 aromatic rings. The number of halogens is 2. The maximum absolute atomic E-state index is 14.9. The van der Waals surface area contributed by atoms with Gasteiger partial charge in [0.25, 0.3) is 5.91 Å². The maximum Gasteiger partial charge on any atom is 0.304 e. The van der Waals surface area contributed by atoms with Gasteiger partial charge in [0.05, 0.1) is 17.5 Å². The topological polar surface area (TPSA) is 114 Å². The van der Waals surface area contributed by atoms with Crippen molar-refractivity contribution in [1.29, 1.82) is 0 Å². The molecular weight excluding hydrogens is 532 g/mol. The van der Waals surface area contributed by atoms with Crippen molar-refractivity contribution in [3.05, 3.63) is 77.8 Å². The molecule has 5 heterocycles. The Morgan fingerprint density at radius 3 is 2.49 bits per heavy atom. The Labute approximate surface area is 224 Å². The minimum atomic E-state index is -4.21. The summed E-state index contributed by atoms with van der Waals surface area (Å²) in [5.74, 6) is -3.79. The van der Waals surface area contributed by atoms with Crippen LogP contribution in [0.2, 0.25) is 0 Å². The highest BCUT2D eigenvalue weighted by Crippen LogP contribution is 2.32. The van der Waals surface area contributed by atoms with E-state index < -0.39 is 45.2 Å². The van der Waals surface area contributed by atoms with Crippen LogP contribution in [-0.4, -0.2) is 65.7 Å². The fourth-order valence-electron chi connectivity index (χ4n) is 4.67. The normalized spacial score (nSPS) is 20.1. The number of rotatable bonds is 9. The first-order valence-corrected chi connectivity index (χ1v) is 13.8. The van der Waals surface area contributed by atoms with Crippen LogP contribution in [0.4, 0.5) is 8.78 Å². The highest BCUT2D eigenvalue weighted by Gasteiger charge is 2.46. The Balaban J connectivity index is 1.25. The summed E-state index contributed by atoms with van der Waals surface area (Å²) < 4.78 is 69.5. The van der Waals surface area contributed by atoms with Gasteiger partial charge in [0.15, 0.2) is 11.6 Å². The van der Waals surface area contributed by atoms with E-state index in [2.05, 4.69) is 14.9 Å². The third-order valence-electron chi connectivity index (χ3n) is 6.97. The van der Waals surface area contributed by atoms with Crippen LogP contribution in [0.1, 0.15) is 41.9 Å². The summed E-state index contributed by atoms with van der Waals surface area (Å²) in [5, 5.41) is 0. The van der Waals surface area contributed by atoms with Crippen molar-refractivity contribution < 1.29 is 31.5 Å². The second-order valence-corrected chi connectivity index (χ2v) is 11.1. The zero-order chi connectivity index (χ0) is 27.7. The van der Waals surface area contributed by atoms with Gasteiger partial charge in [-0.1, -0.05) is 13.0 Å². The third kappa shape index (κ3) is 5.56. The quantitative estimate of drug-likeness (QED) is 0.424. The van der Waals surface area contributed by atoms with E-state index in [4.69, 9.17) is 9.47 Å². The van der Waals surface area contributed by atoms with Crippen molar-refractivity contribution in [2.24, 2.45) is 0 Å². The number of hydrogen-bond donors (Lipinski definition) is 1. The number of pyridine rings is 2. The molecule has 0 radical (unpaired) electrons. The zero-order valence-corrected chi connectivity index (χ0v) is 22.1. The summed E-state index contributed by atoms with van der Waals surface area (Å²) in [7, 11) is -2.30. The number of piperazine rings is 1. The minimum absolute atomic E-state index is 0.0756. The summed E-state index contributed by atoms with van der Waals surface area (Å²) in [5.41, 5.74) is -0.297. The monoisotopic (exact) mass is 559 g/mol. The number of nitrogens with one attached hydrogen (secondary N) is 1. The zero-order valence-electron chi connectivity index (χ0n) is 21.3. The number of carbonyl (C=O) groups excluding carboxylic acids is 1. The van der Waals surface area contributed by atoms with Crippen molar-refractivity contribution in [3.63, 3.8) is 0 Å². The molecular formula is C26H27F2N5O5S. The lowest BCUT2D eigenvalue weighted by molar-refractivity contribution is -0.0214. The predicted molar refractivity (Wildman–Crippen MR) is 136 cm³/mol. The largest absolute Gasteiger partial charge is 0.481 e. The molecule has 1 N–H and O–H groups in total. The Kier molecular flexibility index (Phi) is 7.47. The van der Waals surface area contributed by atoms with Gasteiger partial charge in [0.2, 0.25) is 11.7 Å². The summed E-state index contributed by atoms with van der Waals surface area (Å²) in [6.45, 7) is 2.23. The molecule has 2 unspecified atom stereocenters. The predicted octanol–water partition coefficient (Wildman–Crippen LogP) is 3.44. The fraction of sp³-hybridized carbons (Fsp3) is 0.346. The van der Waals surface area contributed by atoms with E-state index in [0.717, 1.165) is 22.9 Å². The average Bonchev–Trinajstić information content (AvgIpc) is 2.94. The van der Waals surface area contributed by atoms with Crippen LogP contribution in [0.3, 0.4) is 0 Å². The molecule has 10 nitrogen and oxygen atoms in total. The number of ether oxygens (including phenoxy) is 2. The molecule has 1 amide bonds. The van der Waals surface area contributed by atoms with Crippen LogP contribution in [-0.2, 0) is 10.2 Å². The second-order valence-electron chi connectivity index (χ2n) is 9.40. The van der Waals surface area contributed by atoms with Crippen molar-refractivity contribution >= 4 is 16.1 Å². The number of carbonyl (C=O) groups is 1. The summed E-state index contributed by atoms with van der Waals surface area (Å²) >= 11 is 0. The van der Waals surface area contributed by atoms with Crippen molar-refractivity contribution in [2.45, 2.75) is 38.0 Å². The molecule has 13 heteroatoms. The van der Waals surface area contributed by atoms with Gasteiger partial charge in [-0.2, -0.15) is 17.1 Å². The van der Waals surface area contributed by atoms with Crippen LogP contribution in [0.5, 0.6) is 17.4 Å². The number of benzene rings is 1. The van der Waals surface area contributed by atoms with Crippen LogP contribution in [0.25, 0.3) is 0 Å². The van der Waals surface area contributed by atoms with Crippen molar-refractivity contribution in [3.8, 4) is 17.4 Å². The van der Waals surface area contributed by atoms with E-state index in [9.17, 15) is 22.0 Å². The molecule has 2 aromatic heterocycles. The molecule has 3 aliphatic rings. The molecule has 39 heavy (non-hydrogen) atoms. The average molecular weight is 560 g/mol. The lowest BCUT2D eigenvalue weighted by Gasteiger charge is -2.53. The van der Waals surface area contributed by atoms with Crippen LogP contribution >= 0.6 is 0 Å². The highest BCUT2D eigenvalue weighted by molar-refractivity contribution is 7.87. The van der Waals surface area contributed by atoms with Gasteiger partial charge in [0, 0.05) is 37.4 Å². The van der Waals surface area contributed by atoms with Gasteiger partial charge in [-0.15, -0.1) is 0 Å². The summed E-state index contributed by atoms with van der Waals surface area (Å²) in [6.07, 6.45) is 3.59. The van der Waals surface area contributed by atoms with E-state index in [1.54, 1.807) is 43.5 Å². The highest BCUT2D eigenvalue weighted by atomic mass is 32.2. The molecule has 206 valence electrons. The lowest BCUT2D eigenvalue weighted by Crippen LogP contribution is -2.68. The van der Waals surface area contributed by atoms with Crippen LogP contribution in [0, 0.1) is 11.6 Å². The number of hydrogen-bond acceptors (Lipinski definition) is 8. The number of piperidine rings is 1. The molecule has 0 saturated carbocycles. The number of amides is 1. The van der Waals surface area contributed by atoms with E-state index in [1.165, 1.54) is 6.20 Å². The first kappa shape index (κ1) is 26.9. The molecule has 6 rings (SSSR count). The van der Waals surface area contributed by atoms with Gasteiger partial charge < -0.3 is 9.47 Å². The van der Waals surface area contributed by atoms with Crippen molar-refractivity contribution in [1.82, 2.24) is 23.9 Å². The summed E-state index contributed by atoms with van der Waals surface area (Å²) in [6, 6.07) is 10.7. The smallest absolute Gasteiger partial charge is 0.304 e. The molecule has 3 atom stereocenters. The molecule has 0 spiro atoms. The standard InChI is InChI=1S/C26H27F2N5O5S/c1-3-21(20-9-7-18(13-30-20)37-23-6-4-5-11-29-23)38-22-10-8-19(24(27)25(22)28)26(34)31-39(35,36)33-14-16-12-17(15-33)32(16)2/h4-11,13,16-17,21H,3,12,14-15H2,1-2H3,(H,31,34)/t16?,17?,21-/m1/s1. The van der Waals surface area contributed by atoms with Gasteiger partial charge in [0.1, 0.15) is 11.9 Å². The molecule has 3 saturated heterocycles. The molecule has 0 aliphatic carbocycles. The first-order valence-electron chi connectivity index (χ1n) is 12.4. The minimum Gasteiger partial charge on any atom is -0.481 e. The van der Waals surface area contributed by atoms with E-state index in [-0.39, 0.29) is 25.2 Å². The van der Waals surface area contributed by atoms with Crippen molar-refractivity contribution in [2.75, 3.05) is 20.1 Å². The Bertz CT molecular complexity index is 1450. The number of fused-ring (bicyclic) bond motifs is 2. The van der Waals surface area contributed by atoms with Crippen LogP contribution in [0.15, 0.2) is 54.9 Å². The van der Waals surface area contributed by atoms with Gasteiger partial charge in [-0.3, -0.25) is 14.7 Å². The van der Waals surface area contributed by atoms with E-state index in [1.807, 2.05) is 11.8 Å². The molecule has 3 fully saturated rings. The fourth-order valence-corrected chi connectivity index (χ4v) is 5.88. The van der Waals surface area contributed by atoms with Gasteiger partial charge in [-0.05, 0) is 50.2 Å². The number of nitrogens with zero attached hydrogens (tertiary/aromatic N) is 4. The molecule has 3 aliphatic heterocycles. The van der Waals surface area contributed by atoms with Gasteiger partial charge in [-0.25, -0.2) is 14.1 Å². The SMILES string of the molecule is CC[C@@H](Oc1ccc(C(=O)NS(=O)(=O)N2CC3CC(C2)N3C)c(F)c1F)c1ccc(Oc2ccccn2)cn1. The first-order chi connectivity index (χ1) is 18.7. The van der Waals surface area contributed by atoms with Crippen LogP contribution < -0.4 is 14.2 Å². The molecule has 1 aromatic carbocycles. The molecule has 2 bridgehead atoms. The lowest BCUT2D eigenvalue weighted by atomic mass is 9.90.